The van der Waals surface area contributed by atoms with Crippen molar-refractivity contribution in [2.45, 2.75) is 65.2 Å². The first-order valence-electron chi connectivity index (χ1n) is 13.4. The van der Waals surface area contributed by atoms with Crippen LogP contribution in [0.25, 0.3) is 22.3 Å². The average molecular weight is 501 g/mol. The quantitative estimate of drug-likeness (QED) is 0.231. The lowest BCUT2D eigenvalue weighted by Gasteiger charge is -2.31. The van der Waals surface area contributed by atoms with E-state index < -0.39 is 0 Å². The van der Waals surface area contributed by atoms with Crippen molar-refractivity contribution in [1.82, 2.24) is 0 Å². The zero-order chi connectivity index (χ0) is 27.2. The van der Waals surface area contributed by atoms with Gasteiger partial charge in [0.05, 0.1) is 0 Å². The monoisotopic (exact) mass is 500 g/mol. The Kier molecular flexibility index (Phi) is 6.47. The maximum Gasteiger partial charge on any atom is 0.150 e. The lowest BCUT2D eigenvalue weighted by Crippen LogP contribution is -2.18. The molecule has 4 aromatic rings. The van der Waals surface area contributed by atoms with Gasteiger partial charge in [0.1, 0.15) is 0 Å². The fourth-order valence-electron chi connectivity index (χ4n) is 5.61. The van der Waals surface area contributed by atoms with Crippen LogP contribution >= 0.6 is 0 Å². The molecule has 0 atom stereocenters. The highest BCUT2D eigenvalue weighted by molar-refractivity contribution is 5.91. The Morgan fingerprint density at radius 1 is 0.526 bits per heavy atom. The summed E-state index contributed by atoms with van der Waals surface area (Å²) in [6.07, 6.45) is 3.51. The van der Waals surface area contributed by atoms with Gasteiger partial charge in [0.2, 0.25) is 0 Å². The van der Waals surface area contributed by atoms with E-state index in [1.54, 1.807) is 0 Å². The molecule has 0 saturated carbocycles. The fourth-order valence-corrected chi connectivity index (χ4v) is 5.61. The summed E-state index contributed by atoms with van der Waals surface area (Å²) in [5, 5.41) is 0. The number of carbonyl (C=O) groups is 2. The van der Waals surface area contributed by atoms with Crippen molar-refractivity contribution in [1.29, 1.82) is 0 Å². The molecule has 5 rings (SSSR count). The summed E-state index contributed by atoms with van der Waals surface area (Å²) in [4.78, 5) is 24.1. The minimum Gasteiger partial charge on any atom is -0.298 e. The van der Waals surface area contributed by atoms with Gasteiger partial charge in [-0.05, 0) is 79.3 Å². The van der Waals surface area contributed by atoms with Crippen molar-refractivity contribution < 1.29 is 9.59 Å². The van der Waals surface area contributed by atoms with Crippen molar-refractivity contribution >= 4 is 12.6 Å². The third-order valence-corrected chi connectivity index (χ3v) is 7.91. The highest BCUT2D eigenvalue weighted by Gasteiger charge is 2.28. The largest absolute Gasteiger partial charge is 0.298 e. The second-order valence-electron chi connectivity index (χ2n) is 12.6. The minimum atomic E-state index is -0.0385. The summed E-state index contributed by atoms with van der Waals surface area (Å²) in [7, 11) is 0. The summed E-state index contributed by atoms with van der Waals surface area (Å²) < 4.78 is 0. The first-order valence-corrected chi connectivity index (χ1v) is 13.4. The van der Waals surface area contributed by atoms with Crippen LogP contribution in [0.4, 0.5) is 0 Å². The van der Waals surface area contributed by atoms with Crippen LogP contribution in [0.2, 0.25) is 0 Å². The second-order valence-corrected chi connectivity index (χ2v) is 12.6. The molecule has 0 amide bonds. The second kappa shape index (κ2) is 9.51. The first-order chi connectivity index (χ1) is 18.0. The number of benzene rings is 4. The van der Waals surface area contributed by atoms with Crippen LogP contribution in [0.1, 0.15) is 95.6 Å². The number of aldehydes is 2. The molecule has 38 heavy (non-hydrogen) atoms. The highest BCUT2D eigenvalue weighted by Crippen LogP contribution is 2.43. The van der Waals surface area contributed by atoms with Crippen LogP contribution < -0.4 is 0 Å². The van der Waals surface area contributed by atoms with Crippen LogP contribution in [0.5, 0.6) is 0 Å². The van der Waals surface area contributed by atoms with E-state index in [9.17, 15) is 9.59 Å². The van der Waals surface area contributed by atoms with Gasteiger partial charge >= 0.3 is 0 Å². The molecule has 0 heterocycles. The Hall–Kier alpha value is -3.78. The van der Waals surface area contributed by atoms with Gasteiger partial charge in [-0.2, -0.15) is 0 Å². The molecule has 0 spiro atoms. The van der Waals surface area contributed by atoms with Gasteiger partial charge in [0, 0.05) is 11.1 Å². The van der Waals surface area contributed by atoms with Gasteiger partial charge in [-0.25, -0.2) is 0 Å². The van der Waals surface area contributed by atoms with Crippen LogP contribution in [0.15, 0.2) is 72.8 Å². The summed E-state index contributed by atoms with van der Waals surface area (Å²) in [5.41, 5.74) is 13.3. The molecule has 4 aromatic carbocycles. The van der Waals surface area contributed by atoms with Crippen molar-refractivity contribution in [3.63, 3.8) is 0 Å². The summed E-state index contributed by atoms with van der Waals surface area (Å²) in [6, 6.07) is 25.1. The molecule has 2 heteroatoms. The van der Waals surface area contributed by atoms with Crippen LogP contribution in [-0.2, 0) is 23.7 Å². The molecule has 0 aliphatic heterocycles. The molecule has 0 unspecified atom stereocenters. The molecule has 0 aromatic heterocycles. The predicted octanol–water partition coefficient (Wildman–Crippen LogP) is 8.74. The first kappa shape index (κ1) is 25.9. The predicted molar refractivity (Wildman–Crippen MR) is 158 cm³/mol. The van der Waals surface area contributed by atoms with Crippen LogP contribution in [-0.4, -0.2) is 12.6 Å². The molecule has 0 N–H and O–H groups in total. The normalized spacial score (nSPS) is 13.0. The van der Waals surface area contributed by atoms with Crippen LogP contribution in [0.3, 0.4) is 0 Å². The molecule has 0 bridgehead atoms. The molecule has 0 fully saturated rings. The highest BCUT2D eigenvalue weighted by atomic mass is 16.1. The Morgan fingerprint density at radius 2 is 0.895 bits per heavy atom. The maximum atomic E-state index is 12.0. The SMILES string of the molecule is CC(C)(C)c1cc2c(c(-c3ccccc3C=O)c1)Cc1cc(C(C)(C)C)cc(-c3ccccc3C=O)c1C2. The number of hydrogen-bond acceptors (Lipinski definition) is 2. The third-order valence-electron chi connectivity index (χ3n) is 7.91. The molecule has 1 aliphatic carbocycles. The summed E-state index contributed by atoms with van der Waals surface area (Å²) in [6.45, 7) is 13.4. The number of carbonyl (C=O) groups excluding carboxylic acids is 2. The lowest BCUT2D eigenvalue weighted by atomic mass is 9.73. The molecule has 0 saturated heterocycles. The molecule has 192 valence electrons. The van der Waals surface area contributed by atoms with Gasteiger partial charge in [-0.15, -0.1) is 0 Å². The Labute approximate surface area is 226 Å². The van der Waals surface area contributed by atoms with Crippen molar-refractivity contribution in [3.05, 3.63) is 117 Å². The minimum absolute atomic E-state index is 0.0385. The molecule has 1 aliphatic rings. The van der Waals surface area contributed by atoms with E-state index in [0.717, 1.165) is 58.8 Å². The van der Waals surface area contributed by atoms with E-state index in [1.165, 1.54) is 33.4 Å². The molecule has 2 nitrogen and oxygen atoms in total. The number of rotatable bonds is 4. The summed E-state index contributed by atoms with van der Waals surface area (Å²) in [5.74, 6) is 0. The van der Waals surface area contributed by atoms with Crippen molar-refractivity contribution in [2.75, 3.05) is 0 Å². The fraction of sp³-hybridized carbons (Fsp3) is 0.278. The van der Waals surface area contributed by atoms with Gasteiger partial charge in [-0.3, -0.25) is 9.59 Å². The maximum absolute atomic E-state index is 12.0. The van der Waals surface area contributed by atoms with Crippen molar-refractivity contribution in [3.8, 4) is 22.3 Å². The van der Waals surface area contributed by atoms with Crippen molar-refractivity contribution in [2.24, 2.45) is 0 Å². The number of hydrogen-bond donors (Lipinski definition) is 0. The van der Waals surface area contributed by atoms with E-state index in [1.807, 2.05) is 36.4 Å². The van der Waals surface area contributed by atoms with E-state index >= 15 is 0 Å². The molecular formula is C36H36O2. The van der Waals surface area contributed by atoms with E-state index in [4.69, 9.17) is 0 Å². The number of fused-ring (bicyclic) bond motifs is 2. The van der Waals surface area contributed by atoms with E-state index in [0.29, 0.717) is 0 Å². The van der Waals surface area contributed by atoms with Gasteiger partial charge < -0.3 is 0 Å². The Balaban J connectivity index is 1.80. The zero-order valence-electron chi connectivity index (χ0n) is 23.3. The zero-order valence-corrected chi connectivity index (χ0v) is 23.3. The third kappa shape index (κ3) is 4.65. The Morgan fingerprint density at radius 3 is 1.24 bits per heavy atom. The van der Waals surface area contributed by atoms with Gasteiger partial charge in [0.25, 0.3) is 0 Å². The molecule has 0 radical (unpaired) electrons. The standard InChI is InChI=1S/C36H36O2/c1-35(2,3)27-15-25-17-32-26(18-31(25)33(19-27)29-13-9-7-11-23(29)21-37)16-28(36(4,5)6)20-34(32)30-14-10-8-12-24(30)22-38/h7-16,19-22H,17-18H2,1-6H3. The topological polar surface area (TPSA) is 34.1 Å². The molecular weight excluding hydrogens is 464 g/mol. The van der Waals surface area contributed by atoms with Gasteiger partial charge in [-0.1, -0.05) is 114 Å². The van der Waals surface area contributed by atoms with Gasteiger partial charge in [0.15, 0.2) is 12.6 Å². The van der Waals surface area contributed by atoms with Crippen LogP contribution in [0, 0.1) is 0 Å². The Bertz CT molecular complexity index is 1440. The smallest absolute Gasteiger partial charge is 0.150 e. The summed E-state index contributed by atoms with van der Waals surface area (Å²) >= 11 is 0. The lowest BCUT2D eigenvalue weighted by molar-refractivity contribution is 0.111. The average Bonchev–Trinajstić information content (AvgIpc) is 2.89. The van der Waals surface area contributed by atoms with E-state index in [-0.39, 0.29) is 10.8 Å². The van der Waals surface area contributed by atoms with E-state index in [2.05, 4.69) is 77.9 Å².